The summed E-state index contributed by atoms with van der Waals surface area (Å²) in [6.45, 7) is 15.9. The van der Waals surface area contributed by atoms with Crippen molar-refractivity contribution < 1.29 is 0 Å². The molecule has 1 heterocycles. The van der Waals surface area contributed by atoms with Crippen molar-refractivity contribution in [3.05, 3.63) is 11.9 Å². The van der Waals surface area contributed by atoms with E-state index in [9.17, 15) is 0 Å². The van der Waals surface area contributed by atoms with Crippen LogP contribution in [0.3, 0.4) is 0 Å². The highest BCUT2D eigenvalue weighted by molar-refractivity contribution is 5.21. The fourth-order valence-corrected chi connectivity index (χ4v) is 3.67. The minimum atomic E-state index is 0.361. The Bertz CT molecular complexity index is 433. The molecule has 1 aliphatic rings. The Morgan fingerprint density at radius 2 is 1.85 bits per heavy atom. The van der Waals surface area contributed by atoms with Crippen molar-refractivity contribution in [2.45, 2.75) is 67.0 Å². The maximum absolute atomic E-state index is 4.27. The molecule has 1 N–H and O–H groups in total. The van der Waals surface area contributed by atoms with Gasteiger partial charge in [0.05, 0.1) is 17.9 Å². The molecule has 0 bridgehead atoms. The first-order valence-electron chi connectivity index (χ1n) is 7.99. The first kappa shape index (κ1) is 15.5. The average Bonchev–Trinajstić information content (AvgIpc) is 2.72. The maximum atomic E-state index is 4.27. The van der Waals surface area contributed by atoms with Gasteiger partial charge in [0, 0.05) is 6.54 Å². The van der Waals surface area contributed by atoms with E-state index < -0.39 is 0 Å². The van der Waals surface area contributed by atoms with Crippen LogP contribution in [0.2, 0.25) is 0 Å². The Kier molecular flexibility index (Phi) is 4.24. The summed E-state index contributed by atoms with van der Waals surface area (Å²) in [7, 11) is 0. The maximum Gasteiger partial charge on any atom is 0.0759 e. The molecule has 1 atom stereocenters. The van der Waals surface area contributed by atoms with Crippen molar-refractivity contribution in [3.63, 3.8) is 0 Å². The summed E-state index contributed by atoms with van der Waals surface area (Å²) in [5.74, 6) is 0.635. The van der Waals surface area contributed by atoms with E-state index in [1.165, 1.54) is 5.69 Å². The van der Waals surface area contributed by atoms with Crippen LogP contribution in [0.4, 0.5) is 0 Å². The number of rotatable bonds is 7. The van der Waals surface area contributed by atoms with E-state index in [1.54, 1.807) is 0 Å². The Balaban J connectivity index is 2.27. The molecule has 114 valence electrons. The van der Waals surface area contributed by atoms with E-state index in [2.05, 4.69) is 61.9 Å². The molecule has 0 radical (unpaired) electrons. The largest absolute Gasteiger partial charge is 0.308 e. The fraction of sp³-hybridized carbons (Fsp3) is 0.875. The fourth-order valence-electron chi connectivity index (χ4n) is 3.67. The van der Waals surface area contributed by atoms with E-state index in [4.69, 9.17) is 0 Å². The number of aromatic nitrogens is 3. The molecule has 1 unspecified atom stereocenters. The third-order valence-corrected chi connectivity index (χ3v) is 5.48. The van der Waals surface area contributed by atoms with Gasteiger partial charge in [-0.05, 0) is 36.1 Å². The zero-order valence-corrected chi connectivity index (χ0v) is 13.9. The van der Waals surface area contributed by atoms with Crippen LogP contribution in [0.1, 0.15) is 66.1 Å². The van der Waals surface area contributed by atoms with Crippen LogP contribution >= 0.6 is 0 Å². The molecule has 20 heavy (non-hydrogen) atoms. The second kappa shape index (κ2) is 5.47. The predicted octanol–water partition coefficient (Wildman–Crippen LogP) is 3.41. The normalized spacial score (nSPS) is 21.9. The number of hydrogen-bond acceptors (Lipinski definition) is 3. The van der Waals surface area contributed by atoms with Gasteiger partial charge >= 0.3 is 0 Å². The summed E-state index contributed by atoms with van der Waals surface area (Å²) in [6, 6.07) is 0.363. The van der Waals surface area contributed by atoms with Crippen molar-refractivity contribution in [1.29, 1.82) is 0 Å². The van der Waals surface area contributed by atoms with Crippen molar-refractivity contribution in [2.24, 2.45) is 16.7 Å². The van der Waals surface area contributed by atoms with Crippen molar-refractivity contribution in [1.82, 2.24) is 20.3 Å². The van der Waals surface area contributed by atoms with Gasteiger partial charge in [-0.15, -0.1) is 5.10 Å². The van der Waals surface area contributed by atoms with E-state index in [0.717, 1.165) is 25.9 Å². The van der Waals surface area contributed by atoms with Crippen LogP contribution in [0.15, 0.2) is 6.20 Å². The molecule has 1 aromatic heterocycles. The second-order valence-corrected chi connectivity index (χ2v) is 7.23. The van der Waals surface area contributed by atoms with Crippen LogP contribution in [-0.4, -0.2) is 21.5 Å². The highest BCUT2D eigenvalue weighted by atomic mass is 15.4. The van der Waals surface area contributed by atoms with Gasteiger partial charge in [0.2, 0.25) is 0 Å². The van der Waals surface area contributed by atoms with Gasteiger partial charge in [0.25, 0.3) is 0 Å². The third kappa shape index (κ3) is 2.39. The van der Waals surface area contributed by atoms with Crippen LogP contribution in [0.5, 0.6) is 0 Å². The molecule has 4 heteroatoms. The average molecular weight is 278 g/mol. The lowest BCUT2D eigenvalue weighted by Gasteiger charge is -2.21. The van der Waals surface area contributed by atoms with E-state index in [1.807, 2.05) is 6.20 Å². The standard InChI is InChI=1S/C16H30N4/c1-7-9-17-13(14-15(3,4)16(14,5)6)12-11-18-19-20(12)10-8-2/h11,13-14,17H,7-10H2,1-6H3. The highest BCUT2D eigenvalue weighted by Gasteiger charge is 2.67. The van der Waals surface area contributed by atoms with E-state index in [0.29, 0.717) is 22.8 Å². The summed E-state index contributed by atoms with van der Waals surface area (Å²) in [5.41, 5.74) is 1.98. The number of aryl methyl sites for hydroxylation is 1. The highest BCUT2D eigenvalue weighted by Crippen LogP contribution is 2.72. The molecule has 1 aliphatic carbocycles. The van der Waals surface area contributed by atoms with Crippen molar-refractivity contribution >= 4 is 0 Å². The quantitative estimate of drug-likeness (QED) is 0.831. The molecule has 1 fully saturated rings. The zero-order valence-electron chi connectivity index (χ0n) is 13.9. The van der Waals surface area contributed by atoms with Gasteiger partial charge in [-0.3, -0.25) is 0 Å². The zero-order chi connectivity index (χ0) is 15.0. The Morgan fingerprint density at radius 3 is 2.35 bits per heavy atom. The predicted molar refractivity (Wildman–Crippen MR) is 82.4 cm³/mol. The lowest BCUT2D eigenvalue weighted by atomic mass is 10.0. The van der Waals surface area contributed by atoms with Gasteiger partial charge in [0.1, 0.15) is 0 Å². The summed E-state index contributed by atoms with van der Waals surface area (Å²) in [4.78, 5) is 0. The monoisotopic (exact) mass is 278 g/mol. The molecule has 0 aliphatic heterocycles. The summed E-state index contributed by atoms with van der Waals surface area (Å²) in [5, 5.41) is 12.2. The van der Waals surface area contributed by atoms with Crippen LogP contribution in [0.25, 0.3) is 0 Å². The Morgan fingerprint density at radius 1 is 1.20 bits per heavy atom. The molecular weight excluding hydrogens is 248 g/mol. The molecule has 0 amide bonds. The second-order valence-electron chi connectivity index (χ2n) is 7.23. The minimum absolute atomic E-state index is 0.361. The Labute approximate surface area is 123 Å². The number of hydrogen-bond donors (Lipinski definition) is 1. The first-order chi connectivity index (χ1) is 9.37. The van der Waals surface area contributed by atoms with Gasteiger partial charge in [-0.1, -0.05) is 46.8 Å². The van der Waals surface area contributed by atoms with Crippen LogP contribution in [-0.2, 0) is 6.54 Å². The van der Waals surface area contributed by atoms with Gasteiger partial charge in [-0.2, -0.15) is 0 Å². The smallest absolute Gasteiger partial charge is 0.0759 e. The molecule has 0 saturated heterocycles. The van der Waals surface area contributed by atoms with Gasteiger partial charge in [-0.25, -0.2) is 4.68 Å². The summed E-state index contributed by atoms with van der Waals surface area (Å²) in [6.07, 6.45) is 4.20. The molecule has 0 spiro atoms. The first-order valence-corrected chi connectivity index (χ1v) is 7.99. The summed E-state index contributed by atoms with van der Waals surface area (Å²) >= 11 is 0. The third-order valence-electron chi connectivity index (χ3n) is 5.48. The minimum Gasteiger partial charge on any atom is -0.308 e. The lowest BCUT2D eigenvalue weighted by Crippen LogP contribution is -2.28. The summed E-state index contributed by atoms with van der Waals surface area (Å²) < 4.78 is 2.08. The Hall–Kier alpha value is -0.900. The molecule has 2 rings (SSSR count). The van der Waals surface area contributed by atoms with Gasteiger partial charge in [0.15, 0.2) is 0 Å². The lowest BCUT2D eigenvalue weighted by molar-refractivity contribution is 0.379. The molecule has 4 nitrogen and oxygen atoms in total. The SMILES string of the molecule is CCCNC(c1cnnn1CCC)C1C(C)(C)C1(C)C. The van der Waals surface area contributed by atoms with E-state index >= 15 is 0 Å². The number of nitrogens with one attached hydrogen (secondary N) is 1. The van der Waals surface area contributed by atoms with Crippen molar-refractivity contribution in [3.8, 4) is 0 Å². The van der Waals surface area contributed by atoms with Crippen LogP contribution < -0.4 is 5.32 Å². The van der Waals surface area contributed by atoms with E-state index in [-0.39, 0.29) is 0 Å². The van der Waals surface area contributed by atoms with Gasteiger partial charge < -0.3 is 5.32 Å². The van der Waals surface area contributed by atoms with Crippen LogP contribution in [0, 0.1) is 16.7 Å². The topological polar surface area (TPSA) is 42.7 Å². The van der Waals surface area contributed by atoms with Crippen molar-refractivity contribution in [2.75, 3.05) is 6.54 Å². The molecular formula is C16H30N4. The molecule has 1 aromatic rings. The number of nitrogens with zero attached hydrogens (tertiary/aromatic N) is 3. The molecule has 1 saturated carbocycles. The molecule has 0 aromatic carbocycles.